The van der Waals surface area contributed by atoms with Crippen LogP contribution in [-0.4, -0.2) is 56.4 Å². The van der Waals surface area contributed by atoms with Crippen molar-refractivity contribution >= 4 is 40.7 Å². The molecular formula is C31H43N7O4. The Morgan fingerprint density at radius 1 is 1.00 bits per heavy atom. The molecule has 0 unspecified atom stereocenters. The van der Waals surface area contributed by atoms with Gasteiger partial charge in [-0.1, -0.05) is 12.8 Å². The molecule has 2 aliphatic carbocycles. The fourth-order valence-electron chi connectivity index (χ4n) is 5.79. The quantitative estimate of drug-likeness (QED) is 0.249. The number of hydrogen-bond acceptors (Lipinski definition) is 9. The number of aromatic nitrogens is 4. The molecule has 42 heavy (non-hydrogen) atoms. The zero-order valence-corrected chi connectivity index (χ0v) is 25.1. The number of amides is 1. The molecule has 0 radical (unpaired) electrons. The van der Waals surface area contributed by atoms with Gasteiger partial charge in [0.15, 0.2) is 17.0 Å². The van der Waals surface area contributed by atoms with Gasteiger partial charge in [0.2, 0.25) is 5.95 Å². The van der Waals surface area contributed by atoms with Crippen molar-refractivity contribution in [3.63, 3.8) is 0 Å². The van der Waals surface area contributed by atoms with Gasteiger partial charge in [-0.2, -0.15) is 9.97 Å². The molecule has 2 aromatic heterocycles. The summed E-state index contributed by atoms with van der Waals surface area (Å²) in [7, 11) is 0. The highest BCUT2D eigenvalue weighted by Gasteiger charge is 2.26. The third-order valence-corrected chi connectivity index (χ3v) is 7.91. The van der Waals surface area contributed by atoms with Gasteiger partial charge in [0.25, 0.3) is 0 Å². The first-order chi connectivity index (χ1) is 20.2. The van der Waals surface area contributed by atoms with E-state index in [1.54, 1.807) is 19.1 Å². The van der Waals surface area contributed by atoms with Crippen molar-refractivity contribution in [1.82, 2.24) is 24.8 Å². The van der Waals surface area contributed by atoms with Crippen LogP contribution in [0.15, 0.2) is 30.6 Å². The number of nitrogens with zero attached hydrogens (tertiary/aromatic N) is 4. The van der Waals surface area contributed by atoms with Crippen molar-refractivity contribution in [1.29, 1.82) is 0 Å². The molecule has 2 heterocycles. The van der Waals surface area contributed by atoms with Crippen LogP contribution < -0.4 is 16.0 Å². The number of alkyl carbamates (subject to hydrolysis) is 1. The zero-order valence-electron chi connectivity index (χ0n) is 25.1. The minimum Gasteiger partial charge on any atom is -0.462 e. The highest BCUT2D eigenvalue weighted by Crippen LogP contribution is 2.34. The summed E-state index contributed by atoms with van der Waals surface area (Å²) in [6.45, 7) is 8.49. The van der Waals surface area contributed by atoms with Gasteiger partial charge >= 0.3 is 12.1 Å². The second-order valence-corrected chi connectivity index (χ2v) is 12.3. The Morgan fingerprint density at radius 2 is 1.71 bits per heavy atom. The minimum atomic E-state index is -0.501. The highest BCUT2D eigenvalue weighted by atomic mass is 16.6. The number of esters is 1. The molecule has 0 saturated heterocycles. The van der Waals surface area contributed by atoms with Crippen LogP contribution in [0.4, 0.5) is 22.2 Å². The Morgan fingerprint density at radius 3 is 2.38 bits per heavy atom. The van der Waals surface area contributed by atoms with Crippen LogP contribution in [0.3, 0.4) is 0 Å². The lowest BCUT2D eigenvalue weighted by molar-refractivity contribution is 0.0485. The predicted octanol–water partition coefficient (Wildman–Crippen LogP) is 6.36. The lowest BCUT2D eigenvalue weighted by Crippen LogP contribution is -2.41. The van der Waals surface area contributed by atoms with Gasteiger partial charge in [-0.15, -0.1) is 0 Å². The molecule has 11 heteroatoms. The summed E-state index contributed by atoms with van der Waals surface area (Å²) in [5.41, 5.74) is 2.32. The van der Waals surface area contributed by atoms with E-state index in [0.717, 1.165) is 61.9 Å². The topological polar surface area (TPSA) is 132 Å². The van der Waals surface area contributed by atoms with E-state index < -0.39 is 5.60 Å². The number of benzene rings is 1. The molecule has 0 bridgehead atoms. The molecule has 0 atom stereocenters. The summed E-state index contributed by atoms with van der Waals surface area (Å²) in [6.07, 6.45) is 10.0. The second-order valence-electron chi connectivity index (χ2n) is 12.3. The molecule has 5 rings (SSSR count). The third kappa shape index (κ3) is 7.49. The van der Waals surface area contributed by atoms with Gasteiger partial charge in [0.1, 0.15) is 5.60 Å². The summed E-state index contributed by atoms with van der Waals surface area (Å²) in [6, 6.07) is 7.68. The number of fused-ring (bicyclic) bond motifs is 1. The van der Waals surface area contributed by atoms with E-state index in [4.69, 9.17) is 24.4 Å². The van der Waals surface area contributed by atoms with E-state index in [1.807, 2.05) is 39.2 Å². The van der Waals surface area contributed by atoms with Crippen LogP contribution >= 0.6 is 0 Å². The van der Waals surface area contributed by atoms with E-state index in [0.29, 0.717) is 35.9 Å². The first-order valence-electron chi connectivity index (χ1n) is 15.2. The Labute approximate surface area is 247 Å². The lowest BCUT2D eigenvalue weighted by Gasteiger charge is -2.30. The number of rotatable bonds is 9. The van der Waals surface area contributed by atoms with Gasteiger partial charge in [0, 0.05) is 24.3 Å². The van der Waals surface area contributed by atoms with Crippen LogP contribution in [0, 0.1) is 5.92 Å². The number of anilines is 3. The first-order valence-corrected chi connectivity index (χ1v) is 15.2. The first kappa shape index (κ1) is 29.6. The molecule has 1 amide bonds. The van der Waals surface area contributed by atoms with E-state index in [2.05, 4.69) is 20.5 Å². The van der Waals surface area contributed by atoms with E-state index in [1.165, 1.54) is 12.8 Å². The molecule has 0 spiro atoms. The van der Waals surface area contributed by atoms with Crippen molar-refractivity contribution in [2.45, 2.75) is 96.7 Å². The zero-order chi connectivity index (χ0) is 29.7. The molecule has 2 aliphatic rings. The summed E-state index contributed by atoms with van der Waals surface area (Å²) in [4.78, 5) is 38.7. The maximum absolute atomic E-state index is 12.2. The van der Waals surface area contributed by atoms with Crippen LogP contribution in [0.25, 0.3) is 11.2 Å². The summed E-state index contributed by atoms with van der Waals surface area (Å²) < 4.78 is 12.7. The lowest BCUT2D eigenvalue weighted by atomic mass is 9.86. The van der Waals surface area contributed by atoms with Gasteiger partial charge in [-0.3, -0.25) is 0 Å². The van der Waals surface area contributed by atoms with Crippen molar-refractivity contribution in [2.75, 3.05) is 23.8 Å². The monoisotopic (exact) mass is 577 g/mol. The second kappa shape index (κ2) is 13.0. The van der Waals surface area contributed by atoms with Crippen molar-refractivity contribution in [2.24, 2.45) is 5.92 Å². The van der Waals surface area contributed by atoms with Gasteiger partial charge < -0.3 is 30.0 Å². The summed E-state index contributed by atoms with van der Waals surface area (Å²) in [5, 5.41) is 9.90. The number of carbonyl (C=O) groups excluding carboxylic acids is 2. The molecule has 3 N–H and O–H groups in total. The van der Waals surface area contributed by atoms with Crippen molar-refractivity contribution in [3.05, 3.63) is 36.2 Å². The molecular weight excluding hydrogens is 534 g/mol. The average Bonchev–Trinajstić information content (AvgIpc) is 3.62. The standard InChI is InChI=1S/C31H43N7O4/c1-5-41-28(39)21-12-16-22(17-13-21)34-26-25-27(38(19-33-25)24-8-6-7-9-24)37-29(36-26)32-18-20-10-14-23(15-11-20)35-30(40)42-31(2,3)4/h12-13,16-17,19-20,23-24H,5-11,14-15,18H2,1-4H3,(H,35,40)(H2,32,34,36,37)/t20-,23-. The normalized spacial score (nSPS) is 19.4. The third-order valence-electron chi connectivity index (χ3n) is 7.91. The van der Waals surface area contributed by atoms with E-state index >= 15 is 0 Å². The Bertz CT molecular complexity index is 1370. The number of hydrogen-bond donors (Lipinski definition) is 3. The summed E-state index contributed by atoms with van der Waals surface area (Å²) >= 11 is 0. The van der Waals surface area contributed by atoms with Crippen LogP contribution in [0.2, 0.25) is 0 Å². The van der Waals surface area contributed by atoms with Gasteiger partial charge in [-0.05, 0) is 96.4 Å². The van der Waals surface area contributed by atoms with Gasteiger partial charge in [-0.25, -0.2) is 14.6 Å². The van der Waals surface area contributed by atoms with Crippen LogP contribution in [0.1, 0.15) is 95.5 Å². The number of imidazole rings is 1. The van der Waals surface area contributed by atoms with Crippen LogP contribution in [0.5, 0.6) is 0 Å². The van der Waals surface area contributed by atoms with Crippen molar-refractivity contribution < 1.29 is 19.1 Å². The highest BCUT2D eigenvalue weighted by molar-refractivity contribution is 5.90. The Balaban J connectivity index is 1.27. The molecule has 2 saturated carbocycles. The molecule has 3 aromatic rings. The van der Waals surface area contributed by atoms with E-state index in [9.17, 15) is 9.59 Å². The molecule has 226 valence electrons. The fraction of sp³-hybridized carbons (Fsp3) is 0.581. The number of nitrogens with one attached hydrogen (secondary N) is 3. The fourth-order valence-corrected chi connectivity index (χ4v) is 5.79. The maximum atomic E-state index is 12.2. The Kier molecular flexibility index (Phi) is 9.13. The van der Waals surface area contributed by atoms with Gasteiger partial charge in [0.05, 0.1) is 18.5 Å². The molecule has 2 fully saturated rings. The number of ether oxygens (including phenoxy) is 2. The summed E-state index contributed by atoms with van der Waals surface area (Å²) in [5.74, 6) is 1.28. The molecule has 0 aliphatic heterocycles. The van der Waals surface area contributed by atoms with E-state index in [-0.39, 0.29) is 18.1 Å². The molecule has 1 aromatic carbocycles. The largest absolute Gasteiger partial charge is 0.462 e. The number of carbonyl (C=O) groups is 2. The minimum absolute atomic E-state index is 0.135. The smallest absolute Gasteiger partial charge is 0.407 e. The average molecular weight is 578 g/mol. The maximum Gasteiger partial charge on any atom is 0.407 e. The van der Waals surface area contributed by atoms with Crippen molar-refractivity contribution in [3.8, 4) is 0 Å². The Hall–Kier alpha value is -3.89. The SMILES string of the molecule is CCOC(=O)c1ccc(Nc2nc(NC[C@H]3CC[C@H](NC(=O)OC(C)(C)C)CC3)nc3c2ncn3C2CCCC2)cc1. The van der Waals surface area contributed by atoms with Crippen LogP contribution in [-0.2, 0) is 9.47 Å². The predicted molar refractivity (Wildman–Crippen MR) is 162 cm³/mol. The molecule has 11 nitrogen and oxygen atoms in total.